The lowest BCUT2D eigenvalue weighted by molar-refractivity contribution is 0.102. The van der Waals surface area contributed by atoms with E-state index in [2.05, 4.69) is 15.3 Å². The van der Waals surface area contributed by atoms with Gasteiger partial charge in [-0.2, -0.15) is 0 Å². The molecule has 3 aromatic rings. The first-order valence-electron chi connectivity index (χ1n) is 7.26. The largest absolute Gasteiger partial charge is 0.322 e. The number of imidazole rings is 1. The average Bonchev–Trinajstić information content (AvgIpc) is 3.08. The summed E-state index contributed by atoms with van der Waals surface area (Å²) in [4.78, 5) is 20.4. The summed E-state index contributed by atoms with van der Waals surface area (Å²) in [6, 6.07) is 9.85. The number of carbonyl (C=O) groups excluding carboxylic acids is 1. The van der Waals surface area contributed by atoms with Crippen LogP contribution >= 0.6 is 0 Å². The van der Waals surface area contributed by atoms with Gasteiger partial charge in [0.05, 0.1) is 11.3 Å². The van der Waals surface area contributed by atoms with Gasteiger partial charge in [-0.3, -0.25) is 9.36 Å². The van der Waals surface area contributed by atoms with Crippen LogP contribution in [0.1, 0.15) is 15.9 Å². The predicted molar refractivity (Wildman–Crippen MR) is 92.6 cm³/mol. The molecule has 2 aromatic heterocycles. The number of primary sulfonamides is 1. The molecule has 0 saturated carbocycles. The summed E-state index contributed by atoms with van der Waals surface area (Å²) in [5, 5.41) is 7.74. The molecule has 0 atom stereocenters. The van der Waals surface area contributed by atoms with Crippen molar-refractivity contribution in [2.45, 2.75) is 5.75 Å². The maximum absolute atomic E-state index is 12.3. The molecule has 8 nitrogen and oxygen atoms in total. The molecule has 3 N–H and O–H groups in total. The van der Waals surface area contributed by atoms with E-state index in [1.807, 2.05) is 0 Å². The Morgan fingerprint density at radius 3 is 2.72 bits per heavy atom. The van der Waals surface area contributed by atoms with Gasteiger partial charge < -0.3 is 5.32 Å². The third-order valence-corrected chi connectivity index (χ3v) is 4.07. The number of sulfonamides is 1. The zero-order valence-electron chi connectivity index (χ0n) is 13.0. The Morgan fingerprint density at radius 2 is 2.08 bits per heavy atom. The molecule has 1 amide bonds. The van der Waals surface area contributed by atoms with Crippen LogP contribution in [0, 0.1) is 0 Å². The smallest absolute Gasteiger partial charge is 0.257 e. The second kappa shape index (κ2) is 6.83. The number of pyridine rings is 1. The molecule has 9 heteroatoms. The summed E-state index contributed by atoms with van der Waals surface area (Å²) in [5.41, 5.74) is 1.35. The lowest BCUT2D eigenvalue weighted by atomic mass is 10.2. The highest BCUT2D eigenvalue weighted by Crippen LogP contribution is 2.14. The van der Waals surface area contributed by atoms with Crippen molar-refractivity contribution >= 4 is 21.6 Å². The number of benzene rings is 1. The number of nitrogens with one attached hydrogen (secondary N) is 1. The molecule has 0 bridgehead atoms. The Kier molecular flexibility index (Phi) is 4.59. The van der Waals surface area contributed by atoms with Gasteiger partial charge in [-0.25, -0.2) is 23.5 Å². The molecule has 0 aliphatic heterocycles. The van der Waals surface area contributed by atoms with E-state index in [1.165, 1.54) is 6.20 Å². The molecule has 0 fully saturated rings. The van der Waals surface area contributed by atoms with E-state index in [4.69, 9.17) is 5.14 Å². The van der Waals surface area contributed by atoms with Crippen LogP contribution in [0.2, 0.25) is 0 Å². The summed E-state index contributed by atoms with van der Waals surface area (Å²) in [5.74, 6) is -0.000599. The maximum atomic E-state index is 12.3. The van der Waals surface area contributed by atoms with E-state index >= 15 is 0 Å². The monoisotopic (exact) mass is 357 g/mol. The van der Waals surface area contributed by atoms with Crippen LogP contribution in [0.4, 0.5) is 5.69 Å². The van der Waals surface area contributed by atoms with Crippen molar-refractivity contribution in [3.05, 3.63) is 72.4 Å². The summed E-state index contributed by atoms with van der Waals surface area (Å²) in [7, 11) is -3.63. The van der Waals surface area contributed by atoms with Crippen molar-refractivity contribution < 1.29 is 13.2 Å². The number of nitrogens with two attached hydrogens (primary N) is 1. The van der Waals surface area contributed by atoms with Gasteiger partial charge in [0.15, 0.2) is 0 Å². The van der Waals surface area contributed by atoms with Crippen LogP contribution in [0.15, 0.2) is 61.3 Å². The van der Waals surface area contributed by atoms with Crippen molar-refractivity contribution in [1.82, 2.24) is 14.5 Å². The standard InChI is InChI=1S/C16H15N5O3S/c17-25(23,24)10-12-2-1-3-14(8-12)20-16(22)13-4-5-15(19-9-13)21-7-6-18-11-21/h1-9,11H,10H2,(H,20,22)(H2,17,23,24). The lowest BCUT2D eigenvalue weighted by Gasteiger charge is -2.08. The van der Waals surface area contributed by atoms with Crippen molar-refractivity contribution in [2.75, 3.05) is 5.32 Å². The zero-order valence-corrected chi connectivity index (χ0v) is 13.8. The van der Waals surface area contributed by atoms with Gasteiger partial charge in [-0.1, -0.05) is 12.1 Å². The van der Waals surface area contributed by atoms with Crippen LogP contribution in [0.3, 0.4) is 0 Å². The highest BCUT2D eigenvalue weighted by atomic mass is 32.2. The molecule has 0 unspecified atom stereocenters. The summed E-state index contributed by atoms with van der Waals surface area (Å²) >= 11 is 0. The number of hydrogen-bond acceptors (Lipinski definition) is 5. The van der Waals surface area contributed by atoms with E-state index in [9.17, 15) is 13.2 Å². The number of nitrogens with zero attached hydrogens (tertiary/aromatic N) is 3. The molecule has 0 aliphatic carbocycles. The molecule has 0 saturated heterocycles. The number of aromatic nitrogens is 3. The Hall–Kier alpha value is -3.04. The van der Waals surface area contributed by atoms with Crippen LogP contribution in [0.5, 0.6) is 0 Å². The minimum absolute atomic E-state index is 0.294. The van der Waals surface area contributed by atoms with Crippen LogP contribution in [0.25, 0.3) is 5.82 Å². The van der Waals surface area contributed by atoms with Crippen LogP contribution in [-0.4, -0.2) is 28.9 Å². The zero-order chi connectivity index (χ0) is 17.9. The normalized spacial score (nSPS) is 11.2. The predicted octanol–water partition coefficient (Wildman–Crippen LogP) is 1.31. The summed E-state index contributed by atoms with van der Waals surface area (Å²) in [6.07, 6.45) is 6.45. The Balaban J connectivity index is 1.73. The van der Waals surface area contributed by atoms with Gasteiger partial charge in [-0.15, -0.1) is 0 Å². The van der Waals surface area contributed by atoms with E-state index < -0.39 is 10.0 Å². The third kappa shape index (κ3) is 4.49. The topological polar surface area (TPSA) is 120 Å². The van der Waals surface area contributed by atoms with Gasteiger partial charge in [0.2, 0.25) is 10.0 Å². The molecule has 128 valence electrons. The van der Waals surface area contributed by atoms with Crippen molar-refractivity contribution in [3.8, 4) is 5.82 Å². The second-order valence-electron chi connectivity index (χ2n) is 5.34. The SMILES string of the molecule is NS(=O)(=O)Cc1cccc(NC(=O)c2ccc(-n3ccnc3)nc2)c1. The Labute approximate surface area is 144 Å². The first-order chi connectivity index (χ1) is 11.9. The minimum atomic E-state index is -3.63. The van der Waals surface area contributed by atoms with Crippen LogP contribution < -0.4 is 10.5 Å². The summed E-state index contributed by atoms with van der Waals surface area (Å²) in [6.45, 7) is 0. The second-order valence-corrected chi connectivity index (χ2v) is 6.95. The fourth-order valence-corrected chi connectivity index (χ4v) is 2.89. The first-order valence-corrected chi connectivity index (χ1v) is 8.97. The molecular formula is C16H15N5O3S. The Morgan fingerprint density at radius 1 is 1.24 bits per heavy atom. The summed E-state index contributed by atoms with van der Waals surface area (Å²) < 4.78 is 24.0. The van der Waals surface area contributed by atoms with Gasteiger partial charge in [0, 0.05) is 24.3 Å². The van der Waals surface area contributed by atoms with Crippen molar-refractivity contribution in [1.29, 1.82) is 0 Å². The van der Waals surface area contributed by atoms with Crippen molar-refractivity contribution in [3.63, 3.8) is 0 Å². The third-order valence-electron chi connectivity index (χ3n) is 3.33. The molecule has 2 heterocycles. The number of anilines is 1. The number of rotatable bonds is 5. The molecule has 0 spiro atoms. The molecule has 0 radical (unpaired) electrons. The molecular weight excluding hydrogens is 342 g/mol. The maximum Gasteiger partial charge on any atom is 0.257 e. The quantitative estimate of drug-likeness (QED) is 0.713. The van der Waals surface area contributed by atoms with Gasteiger partial charge in [0.25, 0.3) is 5.91 Å². The van der Waals surface area contributed by atoms with Gasteiger partial charge in [-0.05, 0) is 29.8 Å². The minimum Gasteiger partial charge on any atom is -0.322 e. The Bertz CT molecular complexity index is 983. The molecule has 3 rings (SSSR count). The van der Waals surface area contributed by atoms with Crippen LogP contribution in [-0.2, 0) is 15.8 Å². The van der Waals surface area contributed by atoms with E-state index in [0.717, 1.165) is 0 Å². The first kappa shape index (κ1) is 16.8. The molecule has 0 aliphatic rings. The number of hydrogen-bond donors (Lipinski definition) is 2. The average molecular weight is 357 g/mol. The van der Waals surface area contributed by atoms with E-state index in [0.29, 0.717) is 22.6 Å². The van der Waals surface area contributed by atoms with Gasteiger partial charge in [0.1, 0.15) is 12.1 Å². The molecule has 25 heavy (non-hydrogen) atoms. The fourth-order valence-electron chi connectivity index (χ4n) is 2.24. The number of carbonyl (C=O) groups is 1. The van der Waals surface area contributed by atoms with Gasteiger partial charge >= 0.3 is 0 Å². The highest BCUT2D eigenvalue weighted by Gasteiger charge is 2.09. The highest BCUT2D eigenvalue weighted by molar-refractivity contribution is 7.88. The van der Waals surface area contributed by atoms with E-state index in [1.54, 1.807) is 59.7 Å². The van der Waals surface area contributed by atoms with Crippen molar-refractivity contribution in [2.24, 2.45) is 5.14 Å². The number of amides is 1. The van der Waals surface area contributed by atoms with E-state index in [-0.39, 0.29) is 11.7 Å². The lowest BCUT2D eigenvalue weighted by Crippen LogP contribution is -2.15. The molecule has 1 aromatic carbocycles. The fraction of sp³-hybridized carbons (Fsp3) is 0.0625.